The molecule has 120 valence electrons. The van der Waals surface area contributed by atoms with E-state index < -0.39 is 0 Å². The zero-order valence-electron chi connectivity index (χ0n) is 13.5. The van der Waals surface area contributed by atoms with Crippen LogP contribution in [0.2, 0.25) is 0 Å². The van der Waals surface area contributed by atoms with Crippen LogP contribution in [0.5, 0.6) is 0 Å². The van der Waals surface area contributed by atoms with Crippen LogP contribution < -0.4 is 5.32 Å². The lowest BCUT2D eigenvalue weighted by molar-refractivity contribution is -0.121. The summed E-state index contributed by atoms with van der Waals surface area (Å²) in [5, 5.41) is 11.6. The second-order valence-electron chi connectivity index (χ2n) is 5.64. The maximum absolute atomic E-state index is 11.5. The van der Waals surface area contributed by atoms with Crippen LogP contribution in [0.25, 0.3) is 0 Å². The van der Waals surface area contributed by atoms with E-state index in [2.05, 4.69) is 24.2 Å². The van der Waals surface area contributed by atoms with E-state index in [1.54, 1.807) is 0 Å². The summed E-state index contributed by atoms with van der Waals surface area (Å²) in [6, 6.07) is 0. The highest BCUT2D eigenvalue weighted by atomic mass is 16.2. The first kappa shape index (κ1) is 19.4. The number of aliphatic hydroxyl groups excluding tert-OH is 1. The molecule has 0 spiro atoms. The average Bonchev–Trinajstić information content (AvgIpc) is 2.44. The van der Waals surface area contributed by atoms with Crippen molar-refractivity contribution in [3.63, 3.8) is 0 Å². The Morgan fingerprint density at radius 3 is 2.30 bits per heavy atom. The zero-order chi connectivity index (χ0) is 15.1. The third-order valence-electron chi connectivity index (χ3n) is 3.50. The molecule has 0 aliphatic heterocycles. The van der Waals surface area contributed by atoms with Crippen LogP contribution in [0.1, 0.15) is 71.1 Å². The number of hydrogen-bond donors (Lipinski definition) is 2. The Kier molecular flexibility index (Phi) is 14.3. The Balaban J connectivity index is 3.31. The largest absolute Gasteiger partial charge is 0.396 e. The fraction of sp³-hybridized carbons (Fsp3) is 0.938. The molecule has 0 aliphatic carbocycles. The van der Waals surface area contributed by atoms with Crippen molar-refractivity contribution in [1.82, 2.24) is 10.2 Å². The molecule has 0 saturated heterocycles. The van der Waals surface area contributed by atoms with Gasteiger partial charge < -0.3 is 10.4 Å². The van der Waals surface area contributed by atoms with Gasteiger partial charge in [0, 0.05) is 13.0 Å². The molecule has 0 atom stereocenters. The minimum atomic E-state index is 0.175. The zero-order valence-corrected chi connectivity index (χ0v) is 13.5. The second-order valence-corrected chi connectivity index (χ2v) is 5.64. The first-order chi connectivity index (χ1) is 9.70. The van der Waals surface area contributed by atoms with Gasteiger partial charge in [0.25, 0.3) is 0 Å². The molecule has 0 aliphatic rings. The highest BCUT2D eigenvalue weighted by Crippen LogP contribution is 2.05. The normalized spacial score (nSPS) is 11.0. The standard InChI is InChI=1S/C16H34N2O2/c1-3-4-9-12-16(20)17-15-18(2)13-10-7-5-6-8-11-14-19/h19H,3-15H2,1-2H3,(H,17,20). The van der Waals surface area contributed by atoms with Crippen molar-refractivity contribution in [1.29, 1.82) is 0 Å². The van der Waals surface area contributed by atoms with E-state index in [0.717, 1.165) is 38.6 Å². The molecule has 0 unspecified atom stereocenters. The van der Waals surface area contributed by atoms with Gasteiger partial charge >= 0.3 is 0 Å². The van der Waals surface area contributed by atoms with Crippen LogP contribution in [0.3, 0.4) is 0 Å². The van der Waals surface area contributed by atoms with Gasteiger partial charge in [-0.25, -0.2) is 0 Å². The number of carbonyl (C=O) groups is 1. The van der Waals surface area contributed by atoms with Crippen LogP contribution in [0.4, 0.5) is 0 Å². The topological polar surface area (TPSA) is 52.6 Å². The molecular formula is C16H34N2O2. The van der Waals surface area contributed by atoms with E-state index >= 15 is 0 Å². The number of hydrogen-bond acceptors (Lipinski definition) is 3. The number of nitrogens with zero attached hydrogens (tertiary/aromatic N) is 1. The van der Waals surface area contributed by atoms with Gasteiger partial charge in [-0.15, -0.1) is 0 Å². The lowest BCUT2D eigenvalue weighted by Crippen LogP contribution is -2.35. The van der Waals surface area contributed by atoms with Crippen LogP contribution in [-0.4, -0.2) is 42.8 Å². The molecule has 4 heteroatoms. The third kappa shape index (κ3) is 13.8. The van der Waals surface area contributed by atoms with Gasteiger partial charge in [0.15, 0.2) is 0 Å². The smallest absolute Gasteiger partial charge is 0.220 e. The van der Waals surface area contributed by atoms with Crippen molar-refractivity contribution in [3.05, 3.63) is 0 Å². The molecule has 0 radical (unpaired) electrons. The van der Waals surface area contributed by atoms with Gasteiger partial charge in [-0.1, -0.05) is 45.4 Å². The molecule has 0 bridgehead atoms. The first-order valence-electron chi connectivity index (χ1n) is 8.26. The Hall–Kier alpha value is -0.610. The first-order valence-corrected chi connectivity index (χ1v) is 8.26. The molecule has 0 saturated carbocycles. The van der Waals surface area contributed by atoms with E-state index in [1.165, 1.54) is 25.7 Å². The van der Waals surface area contributed by atoms with Crippen LogP contribution in [0.15, 0.2) is 0 Å². The minimum absolute atomic E-state index is 0.175. The van der Waals surface area contributed by atoms with Crippen LogP contribution >= 0.6 is 0 Å². The summed E-state index contributed by atoms with van der Waals surface area (Å²) < 4.78 is 0. The van der Waals surface area contributed by atoms with Gasteiger partial charge in [0.2, 0.25) is 5.91 Å². The lowest BCUT2D eigenvalue weighted by Gasteiger charge is -2.17. The SMILES string of the molecule is CCCCCC(=O)NCN(C)CCCCCCCCO. The fourth-order valence-electron chi connectivity index (χ4n) is 2.13. The van der Waals surface area contributed by atoms with E-state index in [9.17, 15) is 4.79 Å². The number of rotatable bonds is 14. The predicted molar refractivity (Wildman–Crippen MR) is 84.6 cm³/mol. The Bertz CT molecular complexity index is 223. The lowest BCUT2D eigenvalue weighted by atomic mass is 10.1. The summed E-state index contributed by atoms with van der Waals surface area (Å²) >= 11 is 0. The second kappa shape index (κ2) is 14.8. The molecule has 0 aromatic rings. The monoisotopic (exact) mass is 286 g/mol. The molecule has 0 heterocycles. The Morgan fingerprint density at radius 2 is 1.65 bits per heavy atom. The summed E-state index contributed by atoms with van der Waals surface area (Å²) in [4.78, 5) is 13.7. The average molecular weight is 286 g/mol. The highest BCUT2D eigenvalue weighted by molar-refractivity contribution is 5.75. The molecule has 1 amide bonds. The van der Waals surface area contributed by atoms with E-state index in [0.29, 0.717) is 19.7 Å². The van der Waals surface area contributed by atoms with Crippen molar-refractivity contribution in [3.8, 4) is 0 Å². The van der Waals surface area contributed by atoms with Crippen molar-refractivity contribution >= 4 is 5.91 Å². The van der Waals surface area contributed by atoms with Gasteiger partial charge in [0.1, 0.15) is 0 Å². The molecule has 0 aromatic heterocycles. The number of amides is 1. The van der Waals surface area contributed by atoms with E-state index in [-0.39, 0.29) is 5.91 Å². The Labute approximate surface area is 124 Å². The summed E-state index contributed by atoms with van der Waals surface area (Å²) in [6.07, 6.45) is 10.9. The molecule has 2 N–H and O–H groups in total. The molecule has 0 rings (SSSR count). The summed E-state index contributed by atoms with van der Waals surface area (Å²) in [6.45, 7) is 4.17. The van der Waals surface area contributed by atoms with Gasteiger partial charge in [0.05, 0.1) is 6.67 Å². The summed E-state index contributed by atoms with van der Waals surface area (Å²) in [5.74, 6) is 0.175. The maximum Gasteiger partial charge on any atom is 0.220 e. The molecule has 20 heavy (non-hydrogen) atoms. The van der Waals surface area contributed by atoms with Crippen LogP contribution in [0, 0.1) is 0 Å². The maximum atomic E-state index is 11.5. The van der Waals surface area contributed by atoms with Crippen molar-refractivity contribution in [2.75, 3.05) is 26.9 Å². The number of aliphatic hydroxyl groups is 1. The van der Waals surface area contributed by atoms with E-state index in [1.807, 2.05) is 0 Å². The fourth-order valence-corrected chi connectivity index (χ4v) is 2.13. The third-order valence-corrected chi connectivity index (χ3v) is 3.50. The minimum Gasteiger partial charge on any atom is -0.396 e. The highest BCUT2D eigenvalue weighted by Gasteiger charge is 2.02. The molecule has 0 aromatic carbocycles. The number of unbranched alkanes of at least 4 members (excludes halogenated alkanes) is 7. The predicted octanol–water partition coefficient (Wildman–Crippen LogP) is 2.91. The molecule has 0 fully saturated rings. The summed E-state index contributed by atoms with van der Waals surface area (Å²) in [5.41, 5.74) is 0. The molecular weight excluding hydrogens is 252 g/mol. The number of nitrogens with one attached hydrogen (secondary N) is 1. The number of carbonyl (C=O) groups excluding carboxylic acids is 1. The quantitative estimate of drug-likeness (QED) is 0.381. The van der Waals surface area contributed by atoms with Crippen molar-refractivity contribution in [2.24, 2.45) is 0 Å². The summed E-state index contributed by atoms with van der Waals surface area (Å²) in [7, 11) is 2.05. The van der Waals surface area contributed by atoms with Gasteiger partial charge in [-0.2, -0.15) is 0 Å². The van der Waals surface area contributed by atoms with E-state index in [4.69, 9.17) is 5.11 Å². The van der Waals surface area contributed by atoms with Crippen molar-refractivity contribution in [2.45, 2.75) is 71.1 Å². The van der Waals surface area contributed by atoms with Gasteiger partial charge in [-0.3, -0.25) is 9.69 Å². The van der Waals surface area contributed by atoms with Crippen LogP contribution in [-0.2, 0) is 4.79 Å². The van der Waals surface area contributed by atoms with Crippen molar-refractivity contribution < 1.29 is 9.90 Å². The molecule has 4 nitrogen and oxygen atoms in total. The Morgan fingerprint density at radius 1 is 1.00 bits per heavy atom. The van der Waals surface area contributed by atoms with Gasteiger partial charge in [-0.05, 0) is 32.9 Å².